The molecule has 4 nitrogen and oxygen atoms in total. The van der Waals surface area contributed by atoms with Crippen LogP contribution in [-0.2, 0) is 6.42 Å². The SMILES string of the molecule is CCc1nc2cc(NCC3CCNCC3)ccc2o1. The van der Waals surface area contributed by atoms with E-state index in [-0.39, 0.29) is 0 Å². The van der Waals surface area contributed by atoms with E-state index < -0.39 is 0 Å². The van der Waals surface area contributed by atoms with Crippen molar-refractivity contribution in [3.63, 3.8) is 0 Å². The van der Waals surface area contributed by atoms with Crippen molar-refractivity contribution in [1.82, 2.24) is 10.3 Å². The van der Waals surface area contributed by atoms with Crippen molar-refractivity contribution in [2.75, 3.05) is 25.0 Å². The lowest BCUT2D eigenvalue weighted by atomic mass is 9.98. The van der Waals surface area contributed by atoms with Gasteiger partial charge in [-0.2, -0.15) is 0 Å². The van der Waals surface area contributed by atoms with E-state index in [1.54, 1.807) is 0 Å². The number of hydrogen-bond donors (Lipinski definition) is 2. The first-order valence-electron chi connectivity index (χ1n) is 7.19. The molecule has 1 aromatic carbocycles. The summed E-state index contributed by atoms with van der Waals surface area (Å²) in [6.07, 6.45) is 3.37. The van der Waals surface area contributed by atoms with Gasteiger partial charge in [-0.25, -0.2) is 4.98 Å². The number of nitrogens with zero attached hydrogens (tertiary/aromatic N) is 1. The summed E-state index contributed by atoms with van der Waals surface area (Å²) in [5.41, 5.74) is 2.97. The summed E-state index contributed by atoms with van der Waals surface area (Å²) in [6.45, 7) is 5.40. The third kappa shape index (κ3) is 2.89. The largest absolute Gasteiger partial charge is 0.441 e. The van der Waals surface area contributed by atoms with Crippen LogP contribution in [0, 0.1) is 5.92 Å². The number of fused-ring (bicyclic) bond motifs is 1. The first-order valence-corrected chi connectivity index (χ1v) is 7.19. The highest BCUT2D eigenvalue weighted by Gasteiger charge is 2.12. The van der Waals surface area contributed by atoms with Gasteiger partial charge in [0.05, 0.1) is 0 Å². The van der Waals surface area contributed by atoms with Crippen molar-refractivity contribution in [3.05, 3.63) is 24.1 Å². The topological polar surface area (TPSA) is 50.1 Å². The number of piperidine rings is 1. The number of oxazole rings is 1. The lowest BCUT2D eigenvalue weighted by molar-refractivity contribution is 0.390. The summed E-state index contributed by atoms with van der Waals surface area (Å²) in [5, 5.41) is 6.92. The predicted molar refractivity (Wildman–Crippen MR) is 77.5 cm³/mol. The van der Waals surface area contributed by atoms with Crippen molar-refractivity contribution in [3.8, 4) is 0 Å². The molecule has 102 valence electrons. The van der Waals surface area contributed by atoms with Crippen LogP contribution < -0.4 is 10.6 Å². The Morgan fingerprint density at radius 2 is 2.21 bits per heavy atom. The van der Waals surface area contributed by atoms with Crippen molar-refractivity contribution >= 4 is 16.8 Å². The molecule has 1 aromatic heterocycles. The second kappa shape index (κ2) is 5.61. The van der Waals surface area contributed by atoms with Gasteiger partial charge in [0.15, 0.2) is 11.5 Å². The quantitative estimate of drug-likeness (QED) is 0.886. The van der Waals surface area contributed by atoms with Crippen molar-refractivity contribution in [2.45, 2.75) is 26.2 Å². The van der Waals surface area contributed by atoms with E-state index in [0.717, 1.165) is 54.7 Å². The lowest BCUT2D eigenvalue weighted by Gasteiger charge is -2.23. The summed E-state index contributed by atoms with van der Waals surface area (Å²) < 4.78 is 5.62. The molecule has 1 fully saturated rings. The number of nitrogens with one attached hydrogen (secondary N) is 2. The smallest absolute Gasteiger partial charge is 0.195 e. The van der Waals surface area contributed by atoms with E-state index in [0.29, 0.717) is 0 Å². The number of rotatable bonds is 4. The van der Waals surface area contributed by atoms with Gasteiger partial charge in [0.25, 0.3) is 0 Å². The molecule has 1 saturated heterocycles. The van der Waals surface area contributed by atoms with Gasteiger partial charge >= 0.3 is 0 Å². The fraction of sp³-hybridized carbons (Fsp3) is 0.533. The summed E-state index contributed by atoms with van der Waals surface area (Å²) in [6, 6.07) is 6.17. The van der Waals surface area contributed by atoms with E-state index in [1.165, 1.54) is 12.8 Å². The fourth-order valence-electron chi connectivity index (χ4n) is 2.58. The number of aromatic nitrogens is 1. The van der Waals surface area contributed by atoms with Crippen molar-refractivity contribution in [2.24, 2.45) is 5.92 Å². The summed E-state index contributed by atoms with van der Waals surface area (Å²) in [4.78, 5) is 4.47. The van der Waals surface area contributed by atoms with E-state index in [1.807, 2.05) is 6.07 Å². The Morgan fingerprint density at radius 1 is 1.37 bits per heavy atom. The maximum Gasteiger partial charge on any atom is 0.195 e. The third-order valence-corrected chi connectivity index (χ3v) is 3.79. The van der Waals surface area contributed by atoms with Crippen molar-refractivity contribution in [1.29, 1.82) is 0 Å². The standard InChI is InChI=1S/C15H21N3O/c1-2-15-18-13-9-12(3-4-14(13)19-15)17-10-11-5-7-16-8-6-11/h3-4,9,11,16-17H,2,5-8,10H2,1H3. The molecule has 2 heterocycles. The van der Waals surface area contributed by atoms with Crippen LogP contribution in [0.5, 0.6) is 0 Å². The Kier molecular flexibility index (Phi) is 3.69. The van der Waals surface area contributed by atoms with Crippen LogP contribution in [-0.4, -0.2) is 24.6 Å². The van der Waals surface area contributed by atoms with Crippen LogP contribution in [0.4, 0.5) is 5.69 Å². The second-order valence-electron chi connectivity index (χ2n) is 5.22. The van der Waals surface area contributed by atoms with Gasteiger partial charge in [-0.15, -0.1) is 0 Å². The Bertz CT molecular complexity index is 543. The third-order valence-electron chi connectivity index (χ3n) is 3.79. The molecule has 4 heteroatoms. The van der Waals surface area contributed by atoms with Crippen LogP contribution in [0.2, 0.25) is 0 Å². The Balaban J connectivity index is 1.66. The minimum Gasteiger partial charge on any atom is -0.441 e. The molecule has 1 aliphatic rings. The summed E-state index contributed by atoms with van der Waals surface area (Å²) >= 11 is 0. The summed E-state index contributed by atoms with van der Waals surface area (Å²) in [7, 11) is 0. The van der Waals surface area contributed by atoms with Gasteiger partial charge in [0.2, 0.25) is 0 Å². The van der Waals surface area contributed by atoms with E-state index >= 15 is 0 Å². The molecule has 3 rings (SSSR count). The minimum absolute atomic E-state index is 0.778. The average Bonchev–Trinajstić information content (AvgIpc) is 2.88. The van der Waals surface area contributed by atoms with Crippen LogP contribution in [0.15, 0.2) is 22.6 Å². The monoisotopic (exact) mass is 259 g/mol. The highest BCUT2D eigenvalue weighted by molar-refractivity contribution is 5.77. The Morgan fingerprint density at radius 3 is 3.00 bits per heavy atom. The number of benzene rings is 1. The van der Waals surface area contributed by atoms with E-state index in [9.17, 15) is 0 Å². The maximum atomic E-state index is 5.62. The number of anilines is 1. The zero-order valence-corrected chi connectivity index (χ0v) is 11.4. The minimum atomic E-state index is 0.778. The molecule has 0 aliphatic carbocycles. The molecule has 1 aliphatic heterocycles. The number of hydrogen-bond acceptors (Lipinski definition) is 4. The molecule has 19 heavy (non-hydrogen) atoms. The average molecular weight is 259 g/mol. The van der Waals surface area contributed by atoms with Gasteiger partial charge in [0, 0.05) is 18.7 Å². The molecule has 0 atom stereocenters. The second-order valence-corrected chi connectivity index (χ2v) is 5.22. The van der Waals surface area contributed by atoms with Crippen LogP contribution in [0.25, 0.3) is 11.1 Å². The summed E-state index contributed by atoms with van der Waals surface area (Å²) in [5.74, 6) is 1.59. The van der Waals surface area contributed by atoms with Crippen LogP contribution in [0.1, 0.15) is 25.7 Å². The predicted octanol–water partition coefficient (Wildman–Crippen LogP) is 2.80. The zero-order chi connectivity index (χ0) is 13.1. The molecule has 0 spiro atoms. The first kappa shape index (κ1) is 12.5. The molecule has 2 aromatic rings. The van der Waals surface area contributed by atoms with Gasteiger partial charge in [-0.05, 0) is 50.0 Å². The van der Waals surface area contributed by atoms with Gasteiger partial charge in [-0.1, -0.05) is 6.92 Å². The highest BCUT2D eigenvalue weighted by Crippen LogP contribution is 2.21. The van der Waals surface area contributed by atoms with E-state index in [4.69, 9.17) is 4.42 Å². The Hall–Kier alpha value is -1.55. The molecule has 2 N–H and O–H groups in total. The fourth-order valence-corrected chi connectivity index (χ4v) is 2.58. The lowest BCUT2D eigenvalue weighted by Crippen LogP contribution is -2.31. The zero-order valence-electron chi connectivity index (χ0n) is 11.4. The van der Waals surface area contributed by atoms with Crippen LogP contribution >= 0.6 is 0 Å². The maximum absolute atomic E-state index is 5.62. The van der Waals surface area contributed by atoms with Gasteiger partial charge in [0.1, 0.15) is 5.52 Å². The normalized spacial score (nSPS) is 16.9. The van der Waals surface area contributed by atoms with Gasteiger partial charge in [-0.3, -0.25) is 0 Å². The molecule has 0 radical (unpaired) electrons. The van der Waals surface area contributed by atoms with Gasteiger partial charge < -0.3 is 15.1 Å². The molecule has 0 amide bonds. The highest BCUT2D eigenvalue weighted by atomic mass is 16.3. The Labute approximate surface area is 113 Å². The molecular weight excluding hydrogens is 238 g/mol. The van der Waals surface area contributed by atoms with Crippen molar-refractivity contribution < 1.29 is 4.42 Å². The first-order chi connectivity index (χ1) is 9.35. The molecule has 0 bridgehead atoms. The molecule has 0 saturated carbocycles. The number of aryl methyl sites for hydroxylation is 1. The van der Waals surface area contributed by atoms with E-state index in [2.05, 4.69) is 34.7 Å². The van der Waals surface area contributed by atoms with Crippen LogP contribution in [0.3, 0.4) is 0 Å². The molecule has 0 unspecified atom stereocenters. The molecular formula is C15H21N3O.